The van der Waals surface area contributed by atoms with E-state index in [-0.39, 0.29) is 17.5 Å². The number of carboxylic acid groups (broad SMARTS) is 1. The first-order chi connectivity index (χ1) is 12.1. The maximum absolute atomic E-state index is 13.0. The van der Waals surface area contributed by atoms with E-state index < -0.39 is 5.97 Å². The fourth-order valence-electron chi connectivity index (χ4n) is 3.09. The molecule has 1 aliphatic rings. The van der Waals surface area contributed by atoms with Crippen LogP contribution in [-0.4, -0.2) is 48.6 Å². The first-order valence-corrected chi connectivity index (χ1v) is 8.10. The number of methoxy groups -OCH3 is 1. The number of hydrogen-bond acceptors (Lipinski definition) is 4. The third kappa shape index (κ3) is 3.49. The molecule has 1 fully saturated rings. The summed E-state index contributed by atoms with van der Waals surface area (Å²) >= 11 is 0. The first-order valence-electron chi connectivity index (χ1n) is 8.10. The van der Waals surface area contributed by atoms with Gasteiger partial charge in [-0.2, -0.15) is 0 Å². The molecule has 0 radical (unpaired) electrons. The fraction of sp³-hybridized carbons (Fsp3) is 0.263. The van der Waals surface area contributed by atoms with E-state index in [9.17, 15) is 9.59 Å². The van der Waals surface area contributed by atoms with E-state index in [2.05, 4.69) is 5.32 Å². The summed E-state index contributed by atoms with van der Waals surface area (Å²) < 4.78 is 5.44. The van der Waals surface area contributed by atoms with Gasteiger partial charge in [0.1, 0.15) is 5.75 Å². The molecule has 0 aromatic heterocycles. The molecule has 1 unspecified atom stereocenters. The summed E-state index contributed by atoms with van der Waals surface area (Å²) in [6, 6.07) is 13.6. The van der Waals surface area contributed by atoms with Crippen LogP contribution in [0.4, 0.5) is 0 Å². The second kappa shape index (κ2) is 7.36. The molecule has 6 nitrogen and oxygen atoms in total. The maximum atomic E-state index is 13.0. The van der Waals surface area contributed by atoms with Gasteiger partial charge in [0.25, 0.3) is 5.91 Å². The van der Waals surface area contributed by atoms with Gasteiger partial charge in [0.15, 0.2) is 0 Å². The van der Waals surface area contributed by atoms with Crippen LogP contribution in [0.5, 0.6) is 5.75 Å². The second-order valence-corrected chi connectivity index (χ2v) is 5.84. The van der Waals surface area contributed by atoms with E-state index in [4.69, 9.17) is 9.84 Å². The van der Waals surface area contributed by atoms with Crippen LogP contribution in [0.25, 0.3) is 0 Å². The predicted molar refractivity (Wildman–Crippen MR) is 93.0 cm³/mol. The third-order valence-electron chi connectivity index (χ3n) is 4.38. The molecule has 1 atom stereocenters. The molecule has 0 saturated carbocycles. The third-order valence-corrected chi connectivity index (χ3v) is 4.38. The van der Waals surface area contributed by atoms with E-state index in [0.29, 0.717) is 25.2 Å². The highest BCUT2D eigenvalue weighted by molar-refractivity contribution is 5.96. The Morgan fingerprint density at radius 3 is 2.48 bits per heavy atom. The number of carboxylic acids is 1. The molecule has 1 heterocycles. The van der Waals surface area contributed by atoms with Crippen molar-refractivity contribution in [2.24, 2.45) is 0 Å². The molecule has 1 amide bonds. The Bertz CT molecular complexity index is 773. The number of nitrogens with one attached hydrogen (secondary N) is 1. The Labute approximate surface area is 146 Å². The van der Waals surface area contributed by atoms with Gasteiger partial charge in [-0.05, 0) is 30.3 Å². The summed E-state index contributed by atoms with van der Waals surface area (Å²) in [4.78, 5) is 25.8. The largest absolute Gasteiger partial charge is 0.496 e. The predicted octanol–water partition coefficient (Wildman–Crippen LogP) is 2.18. The highest BCUT2D eigenvalue weighted by atomic mass is 16.5. The van der Waals surface area contributed by atoms with Crippen LogP contribution < -0.4 is 10.1 Å². The van der Waals surface area contributed by atoms with Crippen LogP contribution >= 0.6 is 0 Å². The normalized spacial score (nSPS) is 17.2. The summed E-state index contributed by atoms with van der Waals surface area (Å²) in [6.07, 6.45) is 0. The number of benzene rings is 2. The van der Waals surface area contributed by atoms with E-state index in [1.807, 2.05) is 29.2 Å². The lowest BCUT2D eigenvalue weighted by Crippen LogP contribution is -2.48. The SMILES string of the molecule is COc1ccccc1C1CNCCN1C(=O)c1ccc(C(=O)O)cc1. The van der Waals surface area contributed by atoms with Gasteiger partial charge in [0, 0.05) is 30.8 Å². The topological polar surface area (TPSA) is 78.9 Å². The number of ether oxygens (including phenoxy) is 1. The maximum Gasteiger partial charge on any atom is 0.335 e. The molecule has 0 aliphatic carbocycles. The minimum atomic E-state index is -1.01. The van der Waals surface area contributed by atoms with Crippen molar-refractivity contribution in [2.45, 2.75) is 6.04 Å². The Balaban J connectivity index is 1.90. The highest BCUT2D eigenvalue weighted by Gasteiger charge is 2.30. The van der Waals surface area contributed by atoms with Crippen LogP contribution in [0.15, 0.2) is 48.5 Å². The molecule has 2 aromatic carbocycles. The second-order valence-electron chi connectivity index (χ2n) is 5.84. The summed E-state index contributed by atoms with van der Waals surface area (Å²) in [7, 11) is 1.62. The van der Waals surface area contributed by atoms with Crippen molar-refractivity contribution in [1.29, 1.82) is 0 Å². The van der Waals surface area contributed by atoms with Crippen LogP contribution in [0.1, 0.15) is 32.3 Å². The lowest BCUT2D eigenvalue weighted by atomic mass is 10.0. The van der Waals surface area contributed by atoms with Gasteiger partial charge in [0.2, 0.25) is 0 Å². The van der Waals surface area contributed by atoms with E-state index in [1.165, 1.54) is 12.1 Å². The van der Waals surface area contributed by atoms with Crippen molar-refractivity contribution >= 4 is 11.9 Å². The minimum Gasteiger partial charge on any atom is -0.496 e. The molecule has 130 valence electrons. The van der Waals surface area contributed by atoms with E-state index in [1.54, 1.807) is 19.2 Å². The Hall–Kier alpha value is -2.86. The average Bonchev–Trinajstić information content (AvgIpc) is 2.67. The van der Waals surface area contributed by atoms with Gasteiger partial charge in [-0.25, -0.2) is 4.79 Å². The number of para-hydroxylation sites is 1. The number of piperazine rings is 1. The molecular formula is C19H20N2O4. The number of nitrogens with zero attached hydrogens (tertiary/aromatic N) is 1. The van der Waals surface area contributed by atoms with Crippen molar-refractivity contribution in [2.75, 3.05) is 26.7 Å². The van der Waals surface area contributed by atoms with Gasteiger partial charge < -0.3 is 20.1 Å². The highest BCUT2D eigenvalue weighted by Crippen LogP contribution is 2.31. The Morgan fingerprint density at radius 1 is 1.12 bits per heavy atom. The molecule has 0 spiro atoms. The summed E-state index contributed by atoms with van der Waals surface area (Å²) in [6.45, 7) is 1.92. The van der Waals surface area contributed by atoms with Crippen molar-refractivity contribution in [1.82, 2.24) is 10.2 Å². The van der Waals surface area contributed by atoms with Gasteiger partial charge in [-0.15, -0.1) is 0 Å². The smallest absolute Gasteiger partial charge is 0.335 e. The zero-order valence-electron chi connectivity index (χ0n) is 13.9. The molecule has 0 bridgehead atoms. The fourth-order valence-corrected chi connectivity index (χ4v) is 3.09. The molecule has 2 N–H and O–H groups in total. The Kier molecular flexibility index (Phi) is 5.00. The monoisotopic (exact) mass is 340 g/mol. The zero-order chi connectivity index (χ0) is 17.8. The minimum absolute atomic E-state index is 0.116. The van der Waals surface area contributed by atoms with E-state index in [0.717, 1.165) is 11.3 Å². The number of carbonyl (C=O) groups is 2. The first kappa shape index (κ1) is 17.0. The van der Waals surface area contributed by atoms with Crippen molar-refractivity contribution in [3.05, 3.63) is 65.2 Å². The van der Waals surface area contributed by atoms with Crippen LogP contribution in [-0.2, 0) is 0 Å². The number of carbonyl (C=O) groups excluding carboxylic acids is 1. The van der Waals surface area contributed by atoms with Crippen LogP contribution in [0.3, 0.4) is 0 Å². The standard InChI is InChI=1S/C19H20N2O4/c1-25-17-5-3-2-4-15(17)16-12-20-10-11-21(16)18(22)13-6-8-14(9-7-13)19(23)24/h2-9,16,20H,10-12H2,1H3,(H,23,24). The molecule has 6 heteroatoms. The molecule has 3 rings (SSSR count). The molecule has 2 aromatic rings. The Morgan fingerprint density at radius 2 is 1.80 bits per heavy atom. The van der Waals surface area contributed by atoms with Crippen molar-refractivity contribution < 1.29 is 19.4 Å². The number of rotatable bonds is 4. The van der Waals surface area contributed by atoms with Crippen molar-refractivity contribution in [3.8, 4) is 5.75 Å². The number of aromatic carboxylic acids is 1. The van der Waals surface area contributed by atoms with Gasteiger partial charge in [-0.3, -0.25) is 4.79 Å². The molecular weight excluding hydrogens is 320 g/mol. The van der Waals surface area contributed by atoms with Crippen LogP contribution in [0, 0.1) is 0 Å². The summed E-state index contributed by atoms with van der Waals surface area (Å²) in [5, 5.41) is 12.3. The summed E-state index contributed by atoms with van der Waals surface area (Å²) in [5.41, 5.74) is 1.60. The average molecular weight is 340 g/mol. The lowest BCUT2D eigenvalue weighted by Gasteiger charge is -2.37. The quantitative estimate of drug-likeness (QED) is 0.892. The zero-order valence-corrected chi connectivity index (χ0v) is 13.9. The van der Waals surface area contributed by atoms with Crippen molar-refractivity contribution in [3.63, 3.8) is 0 Å². The number of hydrogen-bond donors (Lipinski definition) is 2. The van der Waals surface area contributed by atoms with Gasteiger partial charge >= 0.3 is 5.97 Å². The molecule has 1 saturated heterocycles. The molecule has 1 aliphatic heterocycles. The lowest BCUT2D eigenvalue weighted by molar-refractivity contribution is 0.0629. The van der Waals surface area contributed by atoms with Crippen LogP contribution in [0.2, 0.25) is 0 Å². The van der Waals surface area contributed by atoms with E-state index >= 15 is 0 Å². The summed E-state index contributed by atoms with van der Waals surface area (Å²) in [5.74, 6) is -0.377. The molecule has 25 heavy (non-hydrogen) atoms. The van der Waals surface area contributed by atoms with Gasteiger partial charge in [-0.1, -0.05) is 18.2 Å². The van der Waals surface area contributed by atoms with Gasteiger partial charge in [0.05, 0.1) is 18.7 Å². The number of amides is 1.